The lowest BCUT2D eigenvalue weighted by Gasteiger charge is -2.17. The van der Waals surface area contributed by atoms with Gasteiger partial charge in [0, 0.05) is 12.7 Å². The molecular weight excluding hydrogens is 336 g/mol. The Morgan fingerprint density at radius 2 is 1.88 bits per heavy atom. The van der Waals surface area contributed by atoms with E-state index in [1.165, 1.54) is 0 Å². The first-order valence-corrected chi connectivity index (χ1v) is 8.41. The summed E-state index contributed by atoms with van der Waals surface area (Å²) in [7, 11) is 0. The lowest BCUT2D eigenvalue weighted by Crippen LogP contribution is -2.33. The molecule has 2 aromatic heterocycles. The smallest absolute Gasteiger partial charge is 0.164 e. The Morgan fingerprint density at radius 3 is 2.62 bits per heavy atom. The molecule has 1 aromatic carbocycles. The zero-order chi connectivity index (χ0) is 18.1. The van der Waals surface area contributed by atoms with Crippen LogP contribution in [-0.2, 0) is 11.3 Å². The summed E-state index contributed by atoms with van der Waals surface area (Å²) in [6.45, 7) is 0.237. The van der Waals surface area contributed by atoms with Crippen molar-refractivity contribution in [3.63, 3.8) is 0 Å². The third-order valence-corrected chi connectivity index (χ3v) is 4.59. The van der Waals surface area contributed by atoms with E-state index in [9.17, 15) is 15.3 Å². The topological polar surface area (TPSA) is 113 Å². The number of hydrogen-bond donors (Lipinski definition) is 4. The number of benzene rings is 1. The molecular formula is C18H20N4O4. The van der Waals surface area contributed by atoms with E-state index >= 15 is 0 Å². The normalized spacial score (nSPS) is 25.7. The summed E-state index contributed by atoms with van der Waals surface area (Å²) in [6, 6.07) is 11.7. The van der Waals surface area contributed by atoms with Crippen LogP contribution in [0.5, 0.6) is 0 Å². The van der Waals surface area contributed by atoms with E-state index in [0.29, 0.717) is 23.4 Å². The van der Waals surface area contributed by atoms with E-state index in [0.717, 1.165) is 5.56 Å². The maximum atomic E-state index is 10.2. The molecule has 0 spiro atoms. The van der Waals surface area contributed by atoms with E-state index in [1.807, 2.05) is 30.3 Å². The maximum Gasteiger partial charge on any atom is 0.164 e. The second kappa shape index (κ2) is 7.00. The van der Waals surface area contributed by atoms with Gasteiger partial charge in [-0.3, -0.25) is 0 Å². The molecule has 3 aromatic rings. The summed E-state index contributed by atoms with van der Waals surface area (Å²) in [5.74, 6) is 0.622. The number of pyridine rings is 1. The molecule has 3 unspecified atom stereocenters. The molecule has 0 aliphatic carbocycles. The molecule has 4 rings (SSSR count). The van der Waals surface area contributed by atoms with E-state index in [-0.39, 0.29) is 6.61 Å². The van der Waals surface area contributed by atoms with E-state index < -0.39 is 24.5 Å². The highest BCUT2D eigenvalue weighted by Crippen LogP contribution is 2.32. The van der Waals surface area contributed by atoms with Crippen LogP contribution >= 0.6 is 0 Å². The first-order chi connectivity index (χ1) is 12.7. The van der Waals surface area contributed by atoms with Crippen molar-refractivity contribution in [2.75, 3.05) is 11.9 Å². The molecule has 0 bridgehead atoms. The van der Waals surface area contributed by atoms with E-state index in [4.69, 9.17) is 4.74 Å². The number of hydrogen-bond acceptors (Lipinski definition) is 7. The largest absolute Gasteiger partial charge is 0.394 e. The van der Waals surface area contributed by atoms with E-state index in [1.54, 1.807) is 23.2 Å². The maximum absolute atomic E-state index is 10.2. The van der Waals surface area contributed by atoms with Gasteiger partial charge in [-0.15, -0.1) is 0 Å². The Morgan fingerprint density at radius 1 is 1.08 bits per heavy atom. The van der Waals surface area contributed by atoms with Crippen LogP contribution in [-0.4, -0.2) is 54.8 Å². The first-order valence-electron chi connectivity index (χ1n) is 8.41. The number of ether oxygens (including phenoxy) is 1. The number of nitrogens with zero attached hydrogens (tertiary/aromatic N) is 3. The quantitative estimate of drug-likeness (QED) is 0.531. The zero-order valence-corrected chi connectivity index (χ0v) is 13.9. The second-order valence-corrected chi connectivity index (χ2v) is 6.25. The number of anilines is 1. The number of fused-ring (bicyclic) bond motifs is 1. The fourth-order valence-corrected chi connectivity index (χ4v) is 3.19. The van der Waals surface area contributed by atoms with Gasteiger partial charge in [0.2, 0.25) is 0 Å². The van der Waals surface area contributed by atoms with Gasteiger partial charge in [0.15, 0.2) is 12.0 Å². The molecule has 0 radical (unpaired) electrons. The SMILES string of the molecule is OCC1O[C@@H](n2cnc3c(NCc4ccccc4)nccc32)C(O)C1O. The van der Waals surface area contributed by atoms with Gasteiger partial charge in [-0.25, -0.2) is 9.97 Å². The number of aromatic nitrogens is 3. The molecule has 8 heteroatoms. The average Bonchev–Trinajstić information content (AvgIpc) is 3.23. The van der Waals surface area contributed by atoms with Gasteiger partial charge < -0.3 is 29.9 Å². The van der Waals surface area contributed by atoms with Gasteiger partial charge in [-0.2, -0.15) is 0 Å². The zero-order valence-electron chi connectivity index (χ0n) is 13.9. The van der Waals surface area contributed by atoms with Crippen molar-refractivity contribution in [2.45, 2.75) is 31.1 Å². The van der Waals surface area contributed by atoms with Gasteiger partial charge in [0.25, 0.3) is 0 Å². The van der Waals surface area contributed by atoms with Gasteiger partial charge in [-0.05, 0) is 11.6 Å². The molecule has 1 saturated heterocycles. The predicted molar refractivity (Wildman–Crippen MR) is 94.3 cm³/mol. The highest BCUT2D eigenvalue weighted by atomic mass is 16.6. The summed E-state index contributed by atoms with van der Waals surface area (Å²) in [4.78, 5) is 8.74. The summed E-state index contributed by atoms with van der Waals surface area (Å²) in [5, 5.41) is 32.7. The molecule has 3 heterocycles. The number of aliphatic hydroxyl groups excluding tert-OH is 3. The lowest BCUT2D eigenvalue weighted by atomic mass is 10.1. The van der Waals surface area contributed by atoms with Crippen LogP contribution in [0.25, 0.3) is 11.0 Å². The van der Waals surface area contributed by atoms with Crippen molar-refractivity contribution in [3.05, 3.63) is 54.5 Å². The van der Waals surface area contributed by atoms with Crippen LogP contribution in [0.15, 0.2) is 48.9 Å². The Labute approximate surface area is 149 Å². The van der Waals surface area contributed by atoms with Gasteiger partial charge >= 0.3 is 0 Å². The number of nitrogens with one attached hydrogen (secondary N) is 1. The summed E-state index contributed by atoms with van der Waals surface area (Å²) >= 11 is 0. The molecule has 4 atom stereocenters. The lowest BCUT2D eigenvalue weighted by molar-refractivity contribution is -0.0508. The Bertz CT molecular complexity index is 885. The van der Waals surface area contributed by atoms with Crippen LogP contribution in [0.2, 0.25) is 0 Å². The molecule has 0 saturated carbocycles. The minimum absolute atomic E-state index is 0.368. The molecule has 0 amide bonds. The van der Waals surface area contributed by atoms with Crippen LogP contribution in [0, 0.1) is 0 Å². The Balaban J connectivity index is 1.61. The van der Waals surface area contributed by atoms with Crippen LogP contribution < -0.4 is 5.32 Å². The van der Waals surface area contributed by atoms with Gasteiger partial charge in [0.05, 0.1) is 18.5 Å². The second-order valence-electron chi connectivity index (χ2n) is 6.25. The Kier molecular flexibility index (Phi) is 4.56. The van der Waals surface area contributed by atoms with Crippen molar-refractivity contribution in [1.82, 2.24) is 14.5 Å². The Hall–Kier alpha value is -2.52. The molecule has 136 valence electrons. The van der Waals surface area contributed by atoms with Crippen molar-refractivity contribution >= 4 is 16.9 Å². The standard InChI is InChI=1S/C18H20N4O4/c23-9-13-15(24)16(25)18(26-13)22-10-21-14-12(22)6-7-19-17(14)20-8-11-4-2-1-3-5-11/h1-7,10,13,15-16,18,23-25H,8-9H2,(H,19,20)/t13?,15?,16?,18-/m1/s1. The average molecular weight is 356 g/mol. The van der Waals surface area contributed by atoms with Gasteiger partial charge in [0.1, 0.15) is 23.8 Å². The summed E-state index contributed by atoms with van der Waals surface area (Å²) in [5.41, 5.74) is 2.47. The van der Waals surface area contributed by atoms with E-state index in [2.05, 4.69) is 15.3 Å². The van der Waals surface area contributed by atoms with Crippen LogP contribution in [0.4, 0.5) is 5.82 Å². The highest BCUT2D eigenvalue weighted by molar-refractivity contribution is 5.85. The van der Waals surface area contributed by atoms with Crippen molar-refractivity contribution < 1.29 is 20.1 Å². The fourth-order valence-electron chi connectivity index (χ4n) is 3.19. The third-order valence-electron chi connectivity index (χ3n) is 4.59. The number of imidazole rings is 1. The first kappa shape index (κ1) is 16.9. The molecule has 1 aliphatic rings. The predicted octanol–water partition coefficient (Wildman–Crippen LogP) is 0.655. The highest BCUT2D eigenvalue weighted by Gasteiger charge is 2.43. The van der Waals surface area contributed by atoms with Crippen molar-refractivity contribution in [1.29, 1.82) is 0 Å². The van der Waals surface area contributed by atoms with Crippen molar-refractivity contribution in [3.8, 4) is 0 Å². The summed E-state index contributed by atoms with van der Waals surface area (Å²) < 4.78 is 7.24. The molecule has 8 nitrogen and oxygen atoms in total. The molecule has 26 heavy (non-hydrogen) atoms. The minimum Gasteiger partial charge on any atom is -0.394 e. The fraction of sp³-hybridized carbons (Fsp3) is 0.333. The monoisotopic (exact) mass is 356 g/mol. The van der Waals surface area contributed by atoms with Gasteiger partial charge in [-0.1, -0.05) is 30.3 Å². The summed E-state index contributed by atoms with van der Waals surface area (Å²) in [6.07, 6.45) is -0.768. The molecule has 1 fully saturated rings. The number of rotatable bonds is 5. The number of aliphatic hydroxyl groups is 3. The van der Waals surface area contributed by atoms with Crippen LogP contribution in [0.1, 0.15) is 11.8 Å². The minimum atomic E-state index is -1.15. The third kappa shape index (κ3) is 2.93. The van der Waals surface area contributed by atoms with Crippen molar-refractivity contribution in [2.24, 2.45) is 0 Å². The van der Waals surface area contributed by atoms with Crippen LogP contribution in [0.3, 0.4) is 0 Å². The molecule has 4 N–H and O–H groups in total. The molecule has 1 aliphatic heterocycles.